The molecule has 0 aliphatic carbocycles. The fourth-order valence-corrected chi connectivity index (χ4v) is 2.82. The van der Waals surface area contributed by atoms with Crippen molar-refractivity contribution in [2.45, 2.75) is 39.0 Å². The molecule has 0 saturated carbocycles. The summed E-state index contributed by atoms with van der Waals surface area (Å²) in [7, 11) is 0. The number of unbranched alkanes of at least 4 members (excludes halogenated alkanes) is 2. The fraction of sp³-hybridized carbons (Fsp3) is 0.583. The van der Waals surface area contributed by atoms with E-state index in [1.165, 1.54) is 9.35 Å². The third kappa shape index (κ3) is 5.12. The molecule has 0 unspecified atom stereocenters. The molecule has 16 heavy (non-hydrogen) atoms. The van der Waals surface area contributed by atoms with Gasteiger partial charge in [-0.2, -0.15) is 0 Å². The standard InChI is InChI=1S/C12H17BrO2S/c1-2-15-11(14)7-5-3-4-6-10-8-9-16-12(10)13/h8-9H,2-7H2,1H3. The molecular formula is C12H17BrO2S. The van der Waals surface area contributed by atoms with Gasteiger partial charge in [-0.25, -0.2) is 0 Å². The van der Waals surface area contributed by atoms with Crippen molar-refractivity contribution < 1.29 is 9.53 Å². The fourth-order valence-electron chi connectivity index (χ4n) is 1.49. The summed E-state index contributed by atoms with van der Waals surface area (Å²) < 4.78 is 6.10. The molecule has 0 amide bonds. The van der Waals surface area contributed by atoms with Crippen LogP contribution in [0.15, 0.2) is 15.2 Å². The van der Waals surface area contributed by atoms with Crippen molar-refractivity contribution in [1.29, 1.82) is 0 Å². The highest BCUT2D eigenvalue weighted by Gasteiger charge is 2.03. The second-order valence-electron chi connectivity index (χ2n) is 3.59. The zero-order valence-corrected chi connectivity index (χ0v) is 11.9. The van der Waals surface area contributed by atoms with Crippen LogP contribution in [0, 0.1) is 0 Å². The zero-order valence-electron chi connectivity index (χ0n) is 9.50. The van der Waals surface area contributed by atoms with Crippen molar-refractivity contribution in [3.05, 3.63) is 20.8 Å². The second kappa shape index (κ2) is 7.85. The van der Waals surface area contributed by atoms with Gasteiger partial charge >= 0.3 is 5.97 Å². The largest absolute Gasteiger partial charge is 0.466 e. The summed E-state index contributed by atoms with van der Waals surface area (Å²) in [5.41, 5.74) is 1.38. The number of carbonyl (C=O) groups is 1. The van der Waals surface area contributed by atoms with Gasteiger partial charge in [0.1, 0.15) is 0 Å². The molecule has 0 atom stereocenters. The molecule has 2 nitrogen and oxygen atoms in total. The van der Waals surface area contributed by atoms with Crippen LogP contribution < -0.4 is 0 Å². The lowest BCUT2D eigenvalue weighted by Gasteiger charge is -2.02. The lowest BCUT2D eigenvalue weighted by Crippen LogP contribution is -2.03. The first-order valence-corrected chi connectivity index (χ1v) is 7.28. The normalized spacial score (nSPS) is 10.4. The number of rotatable bonds is 7. The molecule has 0 aliphatic rings. The molecule has 0 aliphatic heterocycles. The topological polar surface area (TPSA) is 26.3 Å². The first-order valence-electron chi connectivity index (χ1n) is 5.61. The third-order valence-electron chi connectivity index (χ3n) is 2.33. The van der Waals surface area contributed by atoms with Gasteiger partial charge in [0.25, 0.3) is 0 Å². The van der Waals surface area contributed by atoms with Gasteiger partial charge in [0.05, 0.1) is 10.4 Å². The minimum Gasteiger partial charge on any atom is -0.466 e. The average molecular weight is 305 g/mol. The molecule has 1 aromatic heterocycles. The first-order chi connectivity index (χ1) is 7.74. The minimum absolute atomic E-state index is 0.0702. The molecule has 0 N–H and O–H groups in total. The Bertz CT molecular complexity index is 323. The van der Waals surface area contributed by atoms with Crippen molar-refractivity contribution in [2.75, 3.05) is 6.61 Å². The Morgan fingerprint density at radius 2 is 2.25 bits per heavy atom. The van der Waals surface area contributed by atoms with E-state index in [4.69, 9.17) is 4.74 Å². The molecule has 0 bridgehead atoms. The van der Waals surface area contributed by atoms with Crippen molar-refractivity contribution >= 4 is 33.2 Å². The van der Waals surface area contributed by atoms with Gasteiger partial charge in [-0.3, -0.25) is 4.79 Å². The van der Waals surface area contributed by atoms with E-state index in [1.807, 2.05) is 6.92 Å². The molecule has 4 heteroatoms. The maximum atomic E-state index is 11.1. The quantitative estimate of drug-likeness (QED) is 0.558. The van der Waals surface area contributed by atoms with Crippen LogP contribution in [0.1, 0.15) is 38.2 Å². The van der Waals surface area contributed by atoms with Crippen molar-refractivity contribution in [1.82, 2.24) is 0 Å². The summed E-state index contributed by atoms with van der Waals surface area (Å²) in [5, 5.41) is 2.10. The molecule has 90 valence electrons. The Hall–Kier alpha value is -0.350. The lowest BCUT2D eigenvalue weighted by molar-refractivity contribution is -0.143. The smallest absolute Gasteiger partial charge is 0.305 e. The van der Waals surface area contributed by atoms with Gasteiger partial charge in [0, 0.05) is 6.42 Å². The Balaban J connectivity index is 2.04. The van der Waals surface area contributed by atoms with Gasteiger partial charge in [-0.05, 0) is 59.1 Å². The highest BCUT2D eigenvalue weighted by Crippen LogP contribution is 2.25. The van der Waals surface area contributed by atoms with E-state index >= 15 is 0 Å². The highest BCUT2D eigenvalue weighted by atomic mass is 79.9. The highest BCUT2D eigenvalue weighted by molar-refractivity contribution is 9.11. The first kappa shape index (κ1) is 13.7. The van der Waals surface area contributed by atoms with Crippen LogP contribution in [0.25, 0.3) is 0 Å². The summed E-state index contributed by atoms with van der Waals surface area (Å²) in [5.74, 6) is -0.0702. The molecule has 0 fully saturated rings. The molecule has 0 spiro atoms. The van der Waals surface area contributed by atoms with Gasteiger partial charge < -0.3 is 4.74 Å². The van der Waals surface area contributed by atoms with Crippen LogP contribution in [0.5, 0.6) is 0 Å². The van der Waals surface area contributed by atoms with E-state index in [1.54, 1.807) is 11.3 Å². The molecule has 1 rings (SSSR count). The van der Waals surface area contributed by atoms with Crippen LogP contribution in [0.4, 0.5) is 0 Å². The third-order valence-corrected chi connectivity index (χ3v) is 4.14. The number of esters is 1. The number of thiophene rings is 1. The van der Waals surface area contributed by atoms with Gasteiger partial charge in [-0.15, -0.1) is 11.3 Å². The predicted molar refractivity (Wildman–Crippen MR) is 70.8 cm³/mol. The maximum Gasteiger partial charge on any atom is 0.305 e. The van der Waals surface area contributed by atoms with E-state index in [0.29, 0.717) is 13.0 Å². The van der Waals surface area contributed by atoms with Gasteiger partial charge in [0.15, 0.2) is 0 Å². The second-order valence-corrected chi connectivity index (χ2v) is 5.82. The molecule has 0 aromatic carbocycles. The molecule has 1 heterocycles. The van der Waals surface area contributed by atoms with E-state index in [2.05, 4.69) is 27.4 Å². The maximum absolute atomic E-state index is 11.1. The van der Waals surface area contributed by atoms with Crippen molar-refractivity contribution in [3.8, 4) is 0 Å². The van der Waals surface area contributed by atoms with E-state index in [-0.39, 0.29) is 5.97 Å². The zero-order chi connectivity index (χ0) is 11.8. The Morgan fingerprint density at radius 3 is 2.88 bits per heavy atom. The van der Waals surface area contributed by atoms with Crippen LogP contribution in [-0.4, -0.2) is 12.6 Å². The number of aryl methyl sites for hydroxylation is 1. The minimum atomic E-state index is -0.0702. The Kier molecular flexibility index (Phi) is 6.73. The van der Waals surface area contributed by atoms with Crippen LogP contribution >= 0.6 is 27.3 Å². The number of carbonyl (C=O) groups excluding carboxylic acids is 1. The Morgan fingerprint density at radius 1 is 1.44 bits per heavy atom. The Labute approximate surface area is 109 Å². The van der Waals surface area contributed by atoms with Crippen LogP contribution in [0.3, 0.4) is 0 Å². The van der Waals surface area contributed by atoms with E-state index < -0.39 is 0 Å². The summed E-state index contributed by atoms with van der Waals surface area (Å²) in [4.78, 5) is 11.1. The molecule has 1 aromatic rings. The monoisotopic (exact) mass is 304 g/mol. The number of halogens is 1. The number of ether oxygens (including phenoxy) is 1. The van der Waals surface area contributed by atoms with E-state index in [0.717, 1.165) is 25.7 Å². The molecular weight excluding hydrogens is 288 g/mol. The summed E-state index contributed by atoms with van der Waals surface area (Å²) in [6.07, 6.45) is 4.79. The van der Waals surface area contributed by atoms with Gasteiger partial charge in [0.2, 0.25) is 0 Å². The summed E-state index contributed by atoms with van der Waals surface area (Å²) in [6, 6.07) is 2.15. The van der Waals surface area contributed by atoms with Gasteiger partial charge in [-0.1, -0.05) is 6.42 Å². The average Bonchev–Trinajstić information content (AvgIpc) is 2.64. The number of hydrogen-bond acceptors (Lipinski definition) is 3. The molecule has 0 radical (unpaired) electrons. The van der Waals surface area contributed by atoms with E-state index in [9.17, 15) is 4.79 Å². The molecule has 0 saturated heterocycles. The lowest BCUT2D eigenvalue weighted by atomic mass is 10.1. The van der Waals surface area contributed by atoms with Crippen molar-refractivity contribution in [2.24, 2.45) is 0 Å². The number of hydrogen-bond donors (Lipinski definition) is 0. The summed E-state index contributed by atoms with van der Waals surface area (Å²) >= 11 is 5.25. The predicted octanol–water partition coefficient (Wildman–Crippen LogP) is 4.18. The summed E-state index contributed by atoms with van der Waals surface area (Å²) in [6.45, 7) is 2.33. The van der Waals surface area contributed by atoms with Crippen molar-refractivity contribution in [3.63, 3.8) is 0 Å². The van der Waals surface area contributed by atoms with Crippen LogP contribution in [-0.2, 0) is 16.0 Å². The SMILES string of the molecule is CCOC(=O)CCCCCc1ccsc1Br. The van der Waals surface area contributed by atoms with Crippen LogP contribution in [0.2, 0.25) is 0 Å².